The van der Waals surface area contributed by atoms with Crippen LogP contribution in [0.3, 0.4) is 0 Å². The molecule has 46 heavy (non-hydrogen) atoms. The fourth-order valence-corrected chi connectivity index (χ4v) is 7.01. The van der Waals surface area contributed by atoms with Gasteiger partial charge in [-0.15, -0.1) is 0 Å². The molecule has 0 fully saturated rings. The molecule has 0 unspecified atom stereocenters. The Labute approximate surface area is 268 Å². The number of aromatic nitrogens is 1. The first-order valence-corrected chi connectivity index (χ1v) is 15.8. The molecule has 0 bridgehead atoms. The van der Waals surface area contributed by atoms with E-state index in [1.807, 2.05) is 0 Å². The molecule has 0 radical (unpaired) electrons. The van der Waals surface area contributed by atoms with Crippen LogP contribution in [0.25, 0.3) is 60.2 Å². The van der Waals surface area contributed by atoms with Crippen molar-refractivity contribution in [2.24, 2.45) is 0 Å². The lowest BCUT2D eigenvalue weighted by molar-refractivity contribution is 1.19. The van der Waals surface area contributed by atoms with Gasteiger partial charge in [-0.25, -0.2) is 0 Å². The maximum atomic E-state index is 2.45. The van der Waals surface area contributed by atoms with E-state index in [2.05, 4.69) is 191 Å². The molecule has 0 aliphatic rings. The molecule has 0 N–H and O–H groups in total. The van der Waals surface area contributed by atoms with E-state index >= 15 is 0 Å². The first-order valence-electron chi connectivity index (χ1n) is 15.8. The van der Waals surface area contributed by atoms with Gasteiger partial charge in [-0.2, -0.15) is 0 Å². The molecular weight excluding hydrogens is 556 g/mol. The highest BCUT2D eigenvalue weighted by Gasteiger charge is 2.20. The van der Waals surface area contributed by atoms with Crippen molar-refractivity contribution in [2.75, 3.05) is 4.90 Å². The van der Waals surface area contributed by atoms with Crippen molar-refractivity contribution in [3.8, 4) is 16.8 Å². The van der Waals surface area contributed by atoms with E-state index in [0.717, 1.165) is 17.1 Å². The molecule has 2 heteroatoms. The Hall–Kier alpha value is -6.12. The van der Waals surface area contributed by atoms with Crippen LogP contribution in [0, 0.1) is 0 Å². The lowest BCUT2D eigenvalue weighted by atomic mass is 10.0. The van der Waals surface area contributed by atoms with Gasteiger partial charge in [0.05, 0.1) is 22.4 Å². The molecular formula is C44H30N2. The molecule has 0 amide bonds. The lowest BCUT2D eigenvalue weighted by Crippen LogP contribution is -2.11. The minimum absolute atomic E-state index is 1.12. The Kier molecular flexibility index (Phi) is 6.17. The van der Waals surface area contributed by atoms with Crippen LogP contribution >= 0.6 is 0 Å². The third kappa shape index (κ3) is 4.27. The Morgan fingerprint density at radius 1 is 0.348 bits per heavy atom. The largest absolute Gasteiger partial charge is 0.310 e. The van der Waals surface area contributed by atoms with Gasteiger partial charge in [0.1, 0.15) is 0 Å². The van der Waals surface area contributed by atoms with E-state index in [4.69, 9.17) is 0 Å². The standard InChI is InChI=1S/C44H30N2/c1-3-13-31(14-4-1)32-23-25-36(26-24-32)45(35-17-5-2-6-18-35)42-27-28-43(38-20-10-9-19-37(38)42)46-41-22-12-11-21-39(41)40-29-33-15-7-8-16-34(33)30-44(40)46/h1-30H. The summed E-state index contributed by atoms with van der Waals surface area (Å²) >= 11 is 0. The second-order valence-electron chi connectivity index (χ2n) is 11.8. The first-order chi connectivity index (χ1) is 22.8. The summed E-state index contributed by atoms with van der Waals surface area (Å²) in [6.45, 7) is 0. The first kappa shape index (κ1) is 26.3. The average Bonchev–Trinajstić information content (AvgIpc) is 3.45. The minimum Gasteiger partial charge on any atom is -0.310 e. The van der Waals surface area contributed by atoms with Gasteiger partial charge in [-0.3, -0.25) is 0 Å². The van der Waals surface area contributed by atoms with Crippen molar-refractivity contribution in [1.82, 2.24) is 4.57 Å². The summed E-state index contributed by atoms with van der Waals surface area (Å²) < 4.78 is 2.45. The van der Waals surface area contributed by atoms with Crippen LogP contribution in [0.1, 0.15) is 0 Å². The summed E-state index contributed by atoms with van der Waals surface area (Å²) in [6, 6.07) is 65.7. The topological polar surface area (TPSA) is 8.17 Å². The number of para-hydroxylation sites is 2. The second kappa shape index (κ2) is 10.8. The molecule has 0 spiro atoms. The smallest absolute Gasteiger partial charge is 0.0547 e. The van der Waals surface area contributed by atoms with E-state index in [1.54, 1.807) is 0 Å². The van der Waals surface area contributed by atoms with E-state index in [0.29, 0.717) is 0 Å². The van der Waals surface area contributed by atoms with Gasteiger partial charge in [-0.05, 0) is 76.5 Å². The Morgan fingerprint density at radius 3 is 1.67 bits per heavy atom. The summed E-state index contributed by atoms with van der Waals surface area (Å²) in [6.07, 6.45) is 0. The number of nitrogens with zero attached hydrogens (tertiary/aromatic N) is 2. The maximum Gasteiger partial charge on any atom is 0.0547 e. The fraction of sp³-hybridized carbons (Fsp3) is 0. The van der Waals surface area contributed by atoms with E-state index in [-0.39, 0.29) is 0 Å². The SMILES string of the molecule is c1ccc(-c2ccc(N(c3ccccc3)c3ccc(-n4c5ccccc5c5cc6ccccc6cc54)c4ccccc34)cc2)cc1. The molecule has 1 aromatic heterocycles. The summed E-state index contributed by atoms with van der Waals surface area (Å²) in [5.74, 6) is 0. The lowest BCUT2D eigenvalue weighted by Gasteiger charge is -2.28. The zero-order chi connectivity index (χ0) is 30.5. The van der Waals surface area contributed by atoms with Crippen molar-refractivity contribution in [3.63, 3.8) is 0 Å². The highest BCUT2D eigenvalue weighted by atomic mass is 15.1. The van der Waals surface area contributed by atoms with Crippen LogP contribution in [-0.4, -0.2) is 4.57 Å². The van der Waals surface area contributed by atoms with Gasteiger partial charge in [0, 0.05) is 32.9 Å². The number of benzene rings is 8. The van der Waals surface area contributed by atoms with Crippen LogP contribution in [0.5, 0.6) is 0 Å². The zero-order valence-corrected chi connectivity index (χ0v) is 25.2. The van der Waals surface area contributed by atoms with Gasteiger partial charge < -0.3 is 9.47 Å². The molecule has 9 aromatic rings. The molecule has 0 aliphatic carbocycles. The van der Waals surface area contributed by atoms with Crippen LogP contribution in [-0.2, 0) is 0 Å². The molecule has 8 aromatic carbocycles. The van der Waals surface area contributed by atoms with Gasteiger partial charge in [0.15, 0.2) is 0 Å². The van der Waals surface area contributed by atoms with Gasteiger partial charge >= 0.3 is 0 Å². The Balaban J connectivity index is 1.28. The summed E-state index contributed by atoms with van der Waals surface area (Å²) in [4.78, 5) is 2.38. The van der Waals surface area contributed by atoms with Gasteiger partial charge in [0.2, 0.25) is 0 Å². The van der Waals surface area contributed by atoms with Crippen molar-refractivity contribution < 1.29 is 0 Å². The van der Waals surface area contributed by atoms with Crippen molar-refractivity contribution >= 4 is 60.4 Å². The quantitative estimate of drug-likeness (QED) is 0.195. The van der Waals surface area contributed by atoms with Crippen molar-refractivity contribution in [2.45, 2.75) is 0 Å². The molecule has 0 aliphatic heterocycles. The molecule has 1 heterocycles. The molecule has 0 atom stereocenters. The monoisotopic (exact) mass is 586 g/mol. The molecule has 0 saturated carbocycles. The predicted molar refractivity (Wildman–Crippen MR) is 196 cm³/mol. The van der Waals surface area contributed by atoms with Gasteiger partial charge in [-0.1, -0.05) is 127 Å². The van der Waals surface area contributed by atoms with E-state index in [9.17, 15) is 0 Å². The zero-order valence-electron chi connectivity index (χ0n) is 25.2. The Bertz CT molecular complexity index is 2510. The second-order valence-corrected chi connectivity index (χ2v) is 11.8. The number of hydrogen-bond acceptors (Lipinski definition) is 1. The molecule has 216 valence electrons. The fourth-order valence-electron chi connectivity index (χ4n) is 7.01. The number of anilines is 3. The van der Waals surface area contributed by atoms with Crippen molar-refractivity contribution in [3.05, 3.63) is 182 Å². The molecule has 0 saturated heterocycles. The predicted octanol–water partition coefficient (Wildman–Crippen LogP) is 12.2. The van der Waals surface area contributed by atoms with Gasteiger partial charge in [0.25, 0.3) is 0 Å². The average molecular weight is 587 g/mol. The van der Waals surface area contributed by atoms with E-state index < -0.39 is 0 Å². The Morgan fingerprint density at radius 2 is 0.913 bits per heavy atom. The number of hydrogen-bond donors (Lipinski definition) is 0. The normalized spacial score (nSPS) is 11.5. The van der Waals surface area contributed by atoms with Crippen LogP contribution in [0.4, 0.5) is 17.1 Å². The van der Waals surface area contributed by atoms with Crippen LogP contribution in [0.2, 0.25) is 0 Å². The third-order valence-corrected chi connectivity index (χ3v) is 9.15. The van der Waals surface area contributed by atoms with E-state index in [1.165, 1.54) is 60.2 Å². The van der Waals surface area contributed by atoms with Crippen molar-refractivity contribution in [1.29, 1.82) is 0 Å². The summed E-state index contributed by atoms with van der Waals surface area (Å²) in [5, 5.41) is 7.44. The molecule has 2 nitrogen and oxygen atoms in total. The number of fused-ring (bicyclic) bond motifs is 5. The summed E-state index contributed by atoms with van der Waals surface area (Å²) in [5.41, 5.74) is 9.41. The summed E-state index contributed by atoms with van der Waals surface area (Å²) in [7, 11) is 0. The molecule has 9 rings (SSSR count). The number of rotatable bonds is 5. The highest BCUT2D eigenvalue weighted by Crippen LogP contribution is 2.43. The van der Waals surface area contributed by atoms with Crippen LogP contribution < -0.4 is 4.90 Å². The highest BCUT2D eigenvalue weighted by molar-refractivity contribution is 6.15. The third-order valence-electron chi connectivity index (χ3n) is 9.15. The maximum absolute atomic E-state index is 2.45. The minimum atomic E-state index is 1.12. The van der Waals surface area contributed by atoms with Crippen LogP contribution in [0.15, 0.2) is 182 Å².